The van der Waals surface area contributed by atoms with E-state index >= 15 is 0 Å². The van der Waals surface area contributed by atoms with Crippen molar-refractivity contribution in [3.8, 4) is 0 Å². The standard InChI is InChI=1S/C22H27Cl2N5O2/c1-13-7-14(2)10-28(9-13)12-18-25-20-19(21(30)27(4)22(31)26(20)3)29(18)11-15-5-6-16(23)17(24)8-15/h5-6,8,13-14H,7,9-12H2,1-4H3. The van der Waals surface area contributed by atoms with E-state index in [-0.39, 0.29) is 11.2 Å². The predicted octanol–water partition coefficient (Wildman–Crippen LogP) is 3.27. The van der Waals surface area contributed by atoms with Crippen molar-refractivity contribution in [3.05, 3.63) is 60.5 Å². The van der Waals surface area contributed by atoms with Gasteiger partial charge in [0.05, 0.1) is 16.6 Å². The molecule has 166 valence electrons. The Balaban J connectivity index is 1.85. The van der Waals surface area contributed by atoms with Gasteiger partial charge in [0.2, 0.25) is 0 Å². The van der Waals surface area contributed by atoms with Crippen LogP contribution in [0.2, 0.25) is 10.0 Å². The van der Waals surface area contributed by atoms with Gasteiger partial charge in [0.25, 0.3) is 5.56 Å². The maximum atomic E-state index is 13.1. The molecule has 1 aliphatic heterocycles. The molecule has 0 aliphatic carbocycles. The summed E-state index contributed by atoms with van der Waals surface area (Å²) in [5.74, 6) is 1.98. The number of benzene rings is 1. The molecule has 1 aromatic carbocycles. The maximum absolute atomic E-state index is 13.1. The number of rotatable bonds is 4. The highest BCUT2D eigenvalue weighted by Crippen LogP contribution is 2.26. The smallest absolute Gasteiger partial charge is 0.317 e. The molecular weight excluding hydrogens is 437 g/mol. The lowest BCUT2D eigenvalue weighted by Crippen LogP contribution is -2.39. The first-order valence-electron chi connectivity index (χ1n) is 10.5. The Labute approximate surface area is 190 Å². The third-order valence-corrected chi connectivity index (χ3v) is 6.80. The summed E-state index contributed by atoms with van der Waals surface area (Å²) < 4.78 is 4.48. The Morgan fingerprint density at radius 1 is 1.00 bits per heavy atom. The first-order valence-corrected chi connectivity index (χ1v) is 11.2. The van der Waals surface area contributed by atoms with Gasteiger partial charge in [-0.25, -0.2) is 9.78 Å². The van der Waals surface area contributed by atoms with Gasteiger partial charge >= 0.3 is 5.69 Å². The summed E-state index contributed by atoms with van der Waals surface area (Å²) in [6.07, 6.45) is 1.21. The van der Waals surface area contributed by atoms with Gasteiger partial charge in [-0.05, 0) is 36.0 Å². The van der Waals surface area contributed by atoms with Gasteiger partial charge in [0.1, 0.15) is 5.82 Å². The summed E-state index contributed by atoms with van der Waals surface area (Å²) in [6, 6.07) is 5.44. The van der Waals surface area contributed by atoms with Crippen molar-refractivity contribution in [2.75, 3.05) is 13.1 Å². The summed E-state index contributed by atoms with van der Waals surface area (Å²) >= 11 is 12.3. The van der Waals surface area contributed by atoms with Gasteiger partial charge in [-0.3, -0.25) is 18.8 Å². The van der Waals surface area contributed by atoms with E-state index in [0.29, 0.717) is 46.1 Å². The lowest BCUT2D eigenvalue weighted by atomic mass is 9.92. The monoisotopic (exact) mass is 463 g/mol. The fraction of sp³-hybridized carbons (Fsp3) is 0.500. The molecule has 0 N–H and O–H groups in total. The average molecular weight is 464 g/mol. The van der Waals surface area contributed by atoms with Crippen LogP contribution < -0.4 is 11.2 Å². The molecule has 0 radical (unpaired) electrons. The highest BCUT2D eigenvalue weighted by Gasteiger charge is 2.25. The Kier molecular flexibility index (Phi) is 6.03. The van der Waals surface area contributed by atoms with Crippen LogP contribution in [0.25, 0.3) is 11.2 Å². The molecule has 4 rings (SSSR count). The van der Waals surface area contributed by atoms with E-state index in [9.17, 15) is 9.59 Å². The molecule has 7 nitrogen and oxygen atoms in total. The second-order valence-corrected chi connectivity index (χ2v) is 9.70. The highest BCUT2D eigenvalue weighted by atomic mass is 35.5. The normalized spacial score (nSPS) is 19.9. The Hall–Kier alpha value is -2.09. The number of piperidine rings is 1. The van der Waals surface area contributed by atoms with Crippen LogP contribution in [-0.4, -0.2) is 36.7 Å². The van der Waals surface area contributed by atoms with Crippen LogP contribution in [0.15, 0.2) is 27.8 Å². The summed E-state index contributed by atoms with van der Waals surface area (Å²) in [5.41, 5.74) is 0.997. The molecule has 2 aromatic heterocycles. The molecule has 0 amide bonds. The Bertz CT molecular complexity index is 1250. The van der Waals surface area contributed by atoms with Crippen molar-refractivity contribution < 1.29 is 0 Å². The van der Waals surface area contributed by atoms with E-state index < -0.39 is 0 Å². The molecule has 1 fully saturated rings. The van der Waals surface area contributed by atoms with Crippen molar-refractivity contribution in [1.29, 1.82) is 0 Å². The van der Waals surface area contributed by atoms with Crippen molar-refractivity contribution in [3.63, 3.8) is 0 Å². The lowest BCUT2D eigenvalue weighted by molar-refractivity contribution is 0.130. The van der Waals surface area contributed by atoms with Crippen LogP contribution >= 0.6 is 23.2 Å². The van der Waals surface area contributed by atoms with Crippen LogP contribution in [0.5, 0.6) is 0 Å². The molecule has 3 aromatic rings. The SMILES string of the molecule is CC1CC(C)CN(Cc2nc3c(c(=O)n(C)c(=O)n3C)n2Cc2ccc(Cl)c(Cl)c2)C1. The molecule has 0 spiro atoms. The van der Waals surface area contributed by atoms with Crippen LogP contribution in [0.3, 0.4) is 0 Å². The minimum absolute atomic E-state index is 0.350. The lowest BCUT2D eigenvalue weighted by Gasteiger charge is -2.34. The van der Waals surface area contributed by atoms with Gasteiger partial charge in [0.15, 0.2) is 11.2 Å². The van der Waals surface area contributed by atoms with Crippen molar-refractivity contribution in [2.45, 2.75) is 33.4 Å². The number of aromatic nitrogens is 4. The van der Waals surface area contributed by atoms with E-state index in [1.807, 2.05) is 10.6 Å². The molecule has 3 heterocycles. The van der Waals surface area contributed by atoms with E-state index in [2.05, 4.69) is 18.7 Å². The zero-order chi connectivity index (χ0) is 22.4. The largest absolute Gasteiger partial charge is 0.332 e. The number of fused-ring (bicyclic) bond motifs is 1. The highest BCUT2D eigenvalue weighted by molar-refractivity contribution is 6.42. The van der Waals surface area contributed by atoms with E-state index in [0.717, 1.165) is 29.0 Å². The third-order valence-electron chi connectivity index (χ3n) is 6.06. The molecule has 0 saturated carbocycles. The number of nitrogens with zero attached hydrogens (tertiary/aromatic N) is 5. The van der Waals surface area contributed by atoms with E-state index in [4.69, 9.17) is 28.2 Å². The predicted molar refractivity (Wildman–Crippen MR) is 124 cm³/mol. The molecule has 0 bridgehead atoms. The number of hydrogen-bond acceptors (Lipinski definition) is 4. The topological polar surface area (TPSA) is 65.1 Å². The number of halogens is 2. The van der Waals surface area contributed by atoms with Gasteiger partial charge in [-0.2, -0.15) is 0 Å². The second-order valence-electron chi connectivity index (χ2n) is 8.88. The second kappa shape index (κ2) is 8.45. The molecule has 2 unspecified atom stereocenters. The number of aryl methyl sites for hydroxylation is 1. The fourth-order valence-corrected chi connectivity index (χ4v) is 5.04. The summed E-state index contributed by atoms with van der Waals surface area (Å²) in [6.45, 7) is 7.52. The zero-order valence-electron chi connectivity index (χ0n) is 18.2. The Morgan fingerprint density at radius 3 is 2.32 bits per heavy atom. The molecular formula is C22H27Cl2N5O2. The molecule has 1 aliphatic rings. The Morgan fingerprint density at radius 2 is 1.68 bits per heavy atom. The zero-order valence-corrected chi connectivity index (χ0v) is 19.7. The summed E-state index contributed by atoms with van der Waals surface area (Å²) in [7, 11) is 3.14. The van der Waals surface area contributed by atoms with Gasteiger partial charge in [-0.1, -0.05) is 43.1 Å². The quantitative estimate of drug-likeness (QED) is 0.595. The number of imidazole rings is 1. The molecule has 2 atom stereocenters. The molecule has 9 heteroatoms. The van der Waals surface area contributed by atoms with Crippen molar-refractivity contribution in [2.24, 2.45) is 25.9 Å². The minimum Gasteiger partial charge on any atom is -0.317 e. The van der Waals surface area contributed by atoms with E-state index in [1.54, 1.807) is 19.2 Å². The molecule has 31 heavy (non-hydrogen) atoms. The maximum Gasteiger partial charge on any atom is 0.332 e. The fourth-order valence-electron chi connectivity index (χ4n) is 4.72. The molecule has 1 saturated heterocycles. The third kappa shape index (κ3) is 4.19. The van der Waals surface area contributed by atoms with E-state index in [1.165, 1.54) is 18.0 Å². The van der Waals surface area contributed by atoms with Gasteiger partial charge in [0, 0.05) is 33.7 Å². The first-order chi connectivity index (χ1) is 14.7. The summed E-state index contributed by atoms with van der Waals surface area (Å²) in [5, 5.41) is 0.944. The van der Waals surface area contributed by atoms with Crippen LogP contribution in [0.4, 0.5) is 0 Å². The van der Waals surface area contributed by atoms with Crippen LogP contribution in [0.1, 0.15) is 31.7 Å². The van der Waals surface area contributed by atoms with Crippen molar-refractivity contribution >= 4 is 34.4 Å². The first kappa shape index (κ1) is 22.1. The number of likely N-dealkylation sites (tertiary alicyclic amines) is 1. The average Bonchev–Trinajstić information content (AvgIpc) is 3.05. The van der Waals surface area contributed by atoms with Crippen LogP contribution in [-0.2, 0) is 27.2 Å². The van der Waals surface area contributed by atoms with Crippen LogP contribution in [0, 0.1) is 11.8 Å². The van der Waals surface area contributed by atoms with Gasteiger partial charge < -0.3 is 4.57 Å². The summed E-state index contributed by atoms with van der Waals surface area (Å²) in [4.78, 5) is 32.7. The van der Waals surface area contributed by atoms with Gasteiger partial charge in [-0.15, -0.1) is 0 Å². The van der Waals surface area contributed by atoms with Crippen molar-refractivity contribution in [1.82, 2.24) is 23.6 Å². The minimum atomic E-state index is -0.386. The number of hydrogen-bond donors (Lipinski definition) is 0.